The molecule has 1 aromatic rings. The lowest BCUT2D eigenvalue weighted by molar-refractivity contribution is 0.198. The van der Waals surface area contributed by atoms with Gasteiger partial charge >= 0.3 is 0 Å². The molecule has 3 heteroatoms. The van der Waals surface area contributed by atoms with Crippen molar-refractivity contribution in [2.45, 2.75) is 13.0 Å². The first-order chi connectivity index (χ1) is 5.11. The lowest BCUT2D eigenvalue weighted by Gasteiger charge is -2.06. The van der Waals surface area contributed by atoms with Gasteiger partial charge < -0.3 is 10.2 Å². The summed E-state index contributed by atoms with van der Waals surface area (Å²) in [5.74, 6) is 0.170. The first-order valence-corrected chi connectivity index (χ1v) is 4.07. The summed E-state index contributed by atoms with van der Waals surface area (Å²) in [6.45, 7) is 1.65. The number of rotatable bonds is 1. The zero-order valence-corrected chi connectivity index (χ0v) is 7.67. The summed E-state index contributed by atoms with van der Waals surface area (Å²) in [6, 6.07) is 4.81. The van der Waals surface area contributed by atoms with E-state index in [1.54, 1.807) is 19.1 Å². The number of hydrogen-bond donors (Lipinski definition) is 2. The molecule has 0 amide bonds. The van der Waals surface area contributed by atoms with Crippen molar-refractivity contribution in [3.63, 3.8) is 0 Å². The molecule has 1 atom stereocenters. The summed E-state index contributed by atoms with van der Waals surface area (Å²) >= 11 is 3.26. The van der Waals surface area contributed by atoms with Crippen molar-refractivity contribution in [3.8, 4) is 5.75 Å². The average molecular weight is 217 g/mol. The van der Waals surface area contributed by atoms with Crippen molar-refractivity contribution in [1.82, 2.24) is 0 Å². The largest absolute Gasteiger partial charge is 0.508 e. The van der Waals surface area contributed by atoms with E-state index in [1.165, 1.54) is 6.07 Å². The molecule has 60 valence electrons. The Morgan fingerprint density at radius 2 is 2.09 bits per heavy atom. The van der Waals surface area contributed by atoms with E-state index >= 15 is 0 Å². The second-order valence-corrected chi connectivity index (χ2v) is 3.24. The quantitative estimate of drug-likeness (QED) is 0.756. The Hall–Kier alpha value is -0.540. The van der Waals surface area contributed by atoms with Gasteiger partial charge in [0.2, 0.25) is 0 Å². The number of aliphatic hydroxyl groups excluding tert-OH is 1. The zero-order chi connectivity index (χ0) is 8.43. The molecular weight excluding hydrogens is 208 g/mol. The van der Waals surface area contributed by atoms with E-state index < -0.39 is 6.10 Å². The number of phenols is 1. The third kappa shape index (κ3) is 1.94. The smallest absolute Gasteiger partial charge is 0.116 e. The van der Waals surface area contributed by atoms with Crippen molar-refractivity contribution in [1.29, 1.82) is 0 Å². The zero-order valence-electron chi connectivity index (χ0n) is 6.08. The second-order valence-electron chi connectivity index (χ2n) is 2.38. The molecule has 1 aromatic carbocycles. The van der Waals surface area contributed by atoms with E-state index in [4.69, 9.17) is 5.11 Å². The Bertz CT molecular complexity index is 258. The molecule has 0 aliphatic rings. The molecule has 0 heterocycles. The van der Waals surface area contributed by atoms with Gasteiger partial charge in [0.05, 0.1) is 6.10 Å². The Labute approximate surface area is 73.6 Å². The molecule has 0 radical (unpaired) electrons. The number of hydrogen-bond acceptors (Lipinski definition) is 2. The minimum absolute atomic E-state index is 0.170. The molecule has 0 bridgehead atoms. The van der Waals surface area contributed by atoms with E-state index in [0.717, 1.165) is 4.47 Å². The lowest BCUT2D eigenvalue weighted by atomic mass is 10.1. The Morgan fingerprint density at radius 3 is 2.55 bits per heavy atom. The van der Waals surface area contributed by atoms with Crippen LogP contribution in [0.5, 0.6) is 5.75 Å². The van der Waals surface area contributed by atoms with E-state index in [0.29, 0.717) is 5.56 Å². The lowest BCUT2D eigenvalue weighted by Crippen LogP contribution is -1.91. The Kier molecular flexibility index (Phi) is 2.52. The fourth-order valence-electron chi connectivity index (χ4n) is 0.851. The molecule has 0 fully saturated rings. The van der Waals surface area contributed by atoms with Gasteiger partial charge in [-0.25, -0.2) is 0 Å². The van der Waals surface area contributed by atoms with Gasteiger partial charge in [-0.3, -0.25) is 0 Å². The predicted molar refractivity (Wildman–Crippen MR) is 46.4 cm³/mol. The van der Waals surface area contributed by atoms with Gasteiger partial charge in [-0.05, 0) is 30.7 Å². The van der Waals surface area contributed by atoms with E-state index in [1.807, 2.05) is 0 Å². The van der Waals surface area contributed by atoms with Gasteiger partial charge in [0.25, 0.3) is 0 Å². The molecule has 0 aromatic heterocycles. The summed E-state index contributed by atoms with van der Waals surface area (Å²) in [5, 5.41) is 18.2. The summed E-state index contributed by atoms with van der Waals surface area (Å²) in [4.78, 5) is 0. The highest BCUT2D eigenvalue weighted by molar-refractivity contribution is 9.10. The molecule has 0 saturated carbocycles. The van der Waals surface area contributed by atoms with Crippen LogP contribution in [0, 0.1) is 0 Å². The Balaban J connectivity index is 3.13. The van der Waals surface area contributed by atoms with E-state index in [9.17, 15) is 5.11 Å². The molecule has 11 heavy (non-hydrogen) atoms. The van der Waals surface area contributed by atoms with Crippen molar-refractivity contribution in [3.05, 3.63) is 28.2 Å². The molecular formula is C8H9BrO2. The summed E-state index contributed by atoms with van der Waals surface area (Å²) in [7, 11) is 0. The van der Waals surface area contributed by atoms with Crippen molar-refractivity contribution < 1.29 is 10.2 Å². The van der Waals surface area contributed by atoms with Gasteiger partial charge in [-0.2, -0.15) is 0 Å². The second kappa shape index (κ2) is 3.24. The molecule has 0 unspecified atom stereocenters. The van der Waals surface area contributed by atoms with Crippen molar-refractivity contribution in [2.24, 2.45) is 0 Å². The van der Waals surface area contributed by atoms with Crippen LogP contribution in [0.15, 0.2) is 22.7 Å². The summed E-state index contributed by atoms with van der Waals surface area (Å²) in [5.41, 5.74) is 0.699. The molecule has 0 spiro atoms. The number of phenolic OH excluding ortho intramolecular Hbond substituents is 1. The maximum Gasteiger partial charge on any atom is 0.116 e. The standard InChI is InChI=1S/C8H9BrO2/c1-5(10)7-4-6(11)2-3-8(7)9/h2-5,10-11H,1H3/t5-/m1/s1. The highest BCUT2D eigenvalue weighted by atomic mass is 79.9. The summed E-state index contributed by atoms with van der Waals surface area (Å²) < 4.78 is 0.810. The van der Waals surface area contributed by atoms with Crippen LogP contribution in [0.25, 0.3) is 0 Å². The first kappa shape index (κ1) is 8.56. The number of aromatic hydroxyl groups is 1. The topological polar surface area (TPSA) is 40.5 Å². The van der Waals surface area contributed by atoms with Crippen molar-refractivity contribution >= 4 is 15.9 Å². The Morgan fingerprint density at radius 1 is 1.45 bits per heavy atom. The fraction of sp³-hybridized carbons (Fsp3) is 0.250. The fourth-order valence-corrected chi connectivity index (χ4v) is 1.43. The third-order valence-electron chi connectivity index (χ3n) is 1.43. The molecule has 0 aliphatic carbocycles. The van der Waals surface area contributed by atoms with Gasteiger partial charge in [-0.15, -0.1) is 0 Å². The van der Waals surface area contributed by atoms with Gasteiger partial charge in [0, 0.05) is 4.47 Å². The van der Waals surface area contributed by atoms with Gasteiger partial charge in [0.15, 0.2) is 0 Å². The van der Waals surface area contributed by atoms with Crippen LogP contribution in [0.1, 0.15) is 18.6 Å². The molecule has 2 nitrogen and oxygen atoms in total. The summed E-state index contributed by atoms with van der Waals surface area (Å²) in [6.07, 6.45) is -0.559. The van der Waals surface area contributed by atoms with Crippen LogP contribution in [0.3, 0.4) is 0 Å². The monoisotopic (exact) mass is 216 g/mol. The van der Waals surface area contributed by atoms with Gasteiger partial charge in [-0.1, -0.05) is 15.9 Å². The average Bonchev–Trinajstić information content (AvgIpc) is 1.94. The van der Waals surface area contributed by atoms with Crippen LogP contribution < -0.4 is 0 Å². The van der Waals surface area contributed by atoms with Crippen LogP contribution in [-0.2, 0) is 0 Å². The highest BCUT2D eigenvalue weighted by Crippen LogP contribution is 2.26. The normalized spacial score (nSPS) is 13.0. The van der Waals surface area contributed by atoms with Gasteiger partial charge in [0.1, 0.15) is 5.75 Å². The van der Waals surface area contributed by atoms with Crippen molar-refractivity contribution in [2.75, 3.05) is 0 Å². The number of aliphatic hydroxyl groups is 1. The minimum atomic E-state index is -0.559. The molecule has 0 aliphatic heterocycles. The SMILES string of the molecule is C[C@@H](O)c1cc(O)ccc1Br. The predicted octanol–water partition coefficient (Wildman–Crippen LogP) is 2.21. The number of halogens is 1. The van der Waals surface area contributed by atoms with Crippen LogP contribution in [0.2, 0.25) is 0 Å². The van der Waals surface area contributed by atoms with Crippen LogP contribution in [0.4, 0.5) is 0 Å². The maximum atomic E-state index is 9.19. The highest BCUT2D eigenvalue weighted by Gasteiger charge is 2.05. The number of benzene rings is 1. The molecule has 2 N–H and O–H groups in total. The third-order valence-corrected chi connectivity index (χ3v) is 2.15. The molecule has 0 saturated heterocycles. The maximum absolute atomic E-state index is 9.19. The first-order valence-electron chi connectivity index (χ1n) is 3.27. The van der Waals surface area contributed by atoms with E-state index in [2.05, 4.69) is 15.9 Å². The van der Waals surface area contributed by atoms with Crippen LogP contribution in [-0.4, -0.2) is 10.2 Å². The van der Waals surface area contributed by atoms with Crippen LogP contribution >= 0.6 is 15.9 Å². The van der Waals surface area contributed by atoms with E-state index in [-0.39, 0.29) is 5.75 Å². The minimum Gasteiger partial charge on any atom is -0.508 e. The molecule has 1 rings (SSSR count).